The molecule has 0 fully saturated rings. The summed E-state index contributed by atoms with van der Waals surface area (Å²) in [5.41, 5.74) is 0.374. The van der Waals surface area contributed by atoms with Gasteiger partial charge in [0.2, 0.25) is 0 Å². The molecule has 0 unspecified atom stereocenters. The normalized spacial score (nSPS) is 11.2. The molecule has 1 heterocycles. The molecule has 0 saturated heterocycles. The molecule has 0 aliphatic heterocycles. The van der Waals surface area contributed by atoms with Crippen LogP contribution in [0.3, 0.4) is 0 Å². The van der Waals surface area contributed by atoms with Gasteiger partial charge in [-0.3, -0.25) is 9.78 Å². The minimum absolute atomic E-state index is 0.149. The van der Waals surface area contributed by atoms with Crippen molar-refractivity contribution in [2.45, 2.75) is 27.7 Å². The second kappa shape index (κ2) is 6.33. The molecule has 0 aliphatic carbocycles. The van der Waals surface area contributed by atoms with Gasteiger partial charge < -0.3 is 5.32 Å². The first-order valence-corrected chi connectivity index (χ1v) is 6.06. The van der Waals surface area contributed by atoms with Crippen molar-refractivity contribution in [3.05, 3.63) is 24.3 Å². The Kier molecular flexibility index (Phi) is 5.07. The average Bonchev–Trinajstić information content (AvgIpc) is 2.29. The van der Waals surface area contributed by atoms with Gasteiger partial charge in [0.15, 0.2) is 0 Å². The number of amides is 1. The van der Waals surface area contributed by atoms with Crippen molar-refractivity contribution in [2.24, 2.45) is 17.8 Å². The number of rotatable bonds is 5. The Labute approximate surface area is 103 Å². The van der Waals surface area contributed by atoms with Crippen LogP contribution in [-0.2, 0) is 0 Å². The molecule has 0 bridgehead atoms. The summed E-state index contributed by atoms with van der Waals surface area (Å²) < 4.78 is 0. The van der Waals surface area contributed by atoms with Gasteiger partial charge in [-0.1, -0.05) is 27.7 Å². The molecule has 17 heavy (non-hydrogen) atoms. The minimum atomic E-state index is -0.149. The third kappa shape index (κ3) is 4.13. The molecule has 0 atom stereocenters. The Balaban J connectivity index is 2.53. The second-order valence-electron chi connectivity index (χ2n) is 4.95. The van der Waals surface area contributed by atoms with Gasteiger partial charge in [0.1, 0.15) is 5.69 Å². The highest BCUT2D eigenvalue weighted by Gasteiger charge is 2.18. The quantitative estimate of drug-likeness (QED) is 0.850. The number of nitrogens with one attached hydrogen (secondary N) is 1. The van der Waals surface area contributed by atoms with Crippen molar-refractivity contribution in [3.8, 4) is 0 Å². The second-order valence-corrected chi connectivity index (χ2v) is 4.95. The van der Waals surface area contributed by atoms with E-state index in [4.69, 9.17) is 0 Å². The Morgan fingerprint density at radius 2 is 1.88 bits per heavy atom. The molecule has 0 aromatic carbocycles. The Bertz CT molecular complexity index is 341. The van der Waals surface area contributed by atoms with E-state index >= 15 is 0 Å². The van der Waals surface area contributed by atoms with Crippen LogP contribution in [-0.4, -0.2) is 22.4 Å². The monoisotopic (exact) mass is 235 g/mol. The first kappa shape index (κ1) is 13.6. The van der Waals surface area contributed by atoms with Gasteiger partial charge in [-0.2, -0.15) is 0 Å². The largest absolute Gasteiger partial charge is 0.350 e. The number of carbonyl (C=O) groups excluding carboxylic acids is 1. The number of hydrogen-bond donors (Lipinski definition) is 1. The zero-order valence-corrected chi connectivity index (χ0v) is 11.0. The molecule has 1 N–H and O–H groups in total. The highest BCUT2D eigenvalue weighted by Crippen LogP contribution is 2.19. The van der Waals surface area contributed by atoms with Crippen LogP contribution in [0.15, 0.2) is 18.6 Å². The number of carbonyl (C=O) groups is 1. The first-order chi connectivity index (χ1) is 8.02. The summed E-state index contributed by atoms with van der Waals surface area (Å²) in [4.78, 5) is 19.6. The van der Waals surface area contributed by atoms with Gasteiger partial charge in [-0.15, -0.1) is 0 Å². The van der Waals surface area contributed by atoms with E-state index in [9.17, 15) is 4.79 Å². The van der Waals surface area contributed by atoms with Gasteiger partial charge in [0.25, 0.3) is 5.91 Å². The molecule has 1 rings (SSSR count). The van der Waals surface area contributed by atoms with E-state index in [0.717, 1.165) is 0 Å². The number of nitrogens with zero attached hydrogens (tertiary/aromatic N) is 2. The van der Waals surface area contributed by atoms with Gasteiger partial charge in [-0.25, -0.2) is 4.98 Å². The van der Waals surface area contributed by atoms with E-state index in [0.29, 0.717) is 30.0 Å². The lowest BCUT2D eigenvalue weighted by atomic mass is 9.85. The number of aromatic nitrogens is 2. The highest BCUT2D eigenvalue weighted by molar-refractivity contribution is 5.91. The molecule has 0 aliphatic rings. The van der Waals surface area contributed by atoms with E-state index in [-0.39, 0.29) is 5.91 Å². The molecule has 94 valence electrons. The van der Waals surface area contributed by atoms with Crippen LogP contribution in [0.4, 0.5) is 0 Å². The van der Waals surface area contributed by atoms with Crippen molar-refractivity contribution >= 4 is 5.91 Å². The van der Waals surface area contributed by atoms with E-state index in [1.807, 2.05) is 0 Å². The van der Waals surface area contributed by atoms with E-state index in [1.54, 1.807) is 6.20 Å². The fourth-order valence-corrected chi connectivity index (χ4v) is 1.96. The minimum Gasteiger partial charge on any atom is -0.350 e. The molecule has 4 heteroatoms. The summed E-state index contributed by atoms with van der Waals surface area (Å²) >= 11 is 0. The summed E-state index contributed by atoms with van der Waals surface area (Å²) in [5, 5.41) is 2.92. The van der Waals surface area contributed by atoms with E-state index in [1.165, 1.54) is 12.4 Å². The van der Waals surface area contributed by atoms with E-state index < -0.39 is 0 Å². The van der Waals surface area contributed by atoms with Gasteiger partial charge in [0.05, 0.1) is 6.20 Å². The van der Waals surface area contributed by atoms with Crippen molar-refractivity contribution < 1.29 is 4.79 Å². The van der Waals surface area contributed by atoms with Crippen molar-refractivity contribution in [1.29, 1.82) is 0 Å². The third-order valence-electron chi connectivity index (χ3n) is 3.01. The molecule has 4 nitrogen and oxygen atoms in total. The highest BCUT2D eigenvalue weighted by atomic mass is 16.1. The molecule has 0 spiro atoms. The number of hydrogen-bond acceptors (Lipinski definition) is 3. The lowest BCUT2D eigenvalue weighted by Gasteiger charge is -2.24. The van der Waals surface area contributed by atoms with Gasteiger partial charge >= 0.3 is 0 Å². The van der Waals surface area contributed by atoms with Crippen LogP contribution in [0.5, 0.6) is 0 Å². The van der Waals surface area contributed by atoms with Crippen molar-refractivity contribution in [1.82, 2.24) is 15.3 Å². The van der Waals surface area contributed by atoms with Crippen LogP contribution >= 0.6 is 0 Å². The molecule has 1 amide bonds. The fourth-order valence-electron chi connectivity index (χ4n) is 1.96. The van der Waals surface area contributed by atoms with Gasteiger partial charge in [-0.05, 0) is 17.8 Å². The Hall–Kier alpha value is -1.45. The smallest absolute Gasteiger partial charge is 0.271 e. The molecular formula is C13H21N3O. The first-order valence-electron chi connectivity index (χ1n) is 6.06. The van der Waals surface area contributed by atoms with Crippen LogP contribution in [0.25, 0.3) is 0 Å². The SMILES string of the molecule is CC(C)C(CNC(=O)c1cnccn1)C(C)C. The molecule has 0 saturated carbocycles. The summed E-state index contributed by atoms with van der Waals surface area (Å²) in [6, 6.07) is 0. The fraction of sp³-hybridized carbons (Fsp3) is 0.615. The predicted octanol–water partition coefficient (Wildman–Crippen LogP) is 2.13. The third-order valence-corrected chi connectivity index (χ3v) is 3.01. The summed E-state index contributed by atoms with van der Waals surface area (Å²) in [6.45, 7) is 9.40. The lowest BCUT2D eigenvalue weighted by molar-refractivity contribution is 0.0931. The summed E-state index contributed by atoms with van der Waals surface area (Å²) in [5.74, 6) is 1.44. The van der Waals surface area contributed by atoms with Crippen LogP contribution in [0.1, 0.15) is 38.2 Å². The maximum atomic E-state index is 11.8. The van der Waals surface area contributed by atoms with Gasteiger partial charge in [0, 0.05) is 18.9 Å². The molecule has 1 aromatic rings. The maximum Gasteiger partial charge on any atom is 0.271 e. The molecule has 1 aromatic heterocycles. The summed E-state index contributed by atoms with van der Waals surface area (Å²) in [7, 11) is 0. The van der Waals surface area contributed by atoms with Crippen LogP contribution in [0.2, 0.25) is 0 Å². The van der Waals surface area contributed by atoms with Crippen molar-refractivity contribution in [3.63, 3.8) is 0 Å². The molecular weight excluding hydrogens is 214 g/mol. The zero-order chi connectivity index (χ0) is 12.8. The Morgan fingerprint density at radius 1 is 1.24 bits per heavy atom. The standard InChI is InChI=1S/C13H21N3O/c1-9(2)11(10(3)4)7-16-13(17)12-8-14-5-6-15-12/h5-6,8-11H,7H2,1-4H3,(H,16,17). The van der Waals surface area contributed by atoms with E-state index in [2.05, 4.69) is 43.0 Å². The predicted molar refractivity (Wildman–Crippen MR) is 67.5 cm³/mol. The lowest BCUT2D eigenvalue weighted by Crippen LogP contribution is -2.34. The molecule has 0 radical (unpaired) electrons. The van der Waals surface area contributed by atoms with Crippen molar-refractivity contribution in [2.75, 3.05) is 6.54 Å². The maximum absolute atomic E-state index is 11.8. The Morgan fingerprint density at radius 3 is 2.35 bits per heavy atom. The summed E-state index contributed by atoms with van der Waals surface area (Å²) in [6.07, 6.45) is 4.56. The van der Waals surface area contributed by atoms with Crippen LogP contribution in [0, 0.1) is 17.8 Å². The topological polar surface area (TPSA) is 54.9 Å². The zero-order valence-electron chi connectivity index (χ0n) is 11.0. The average molecular weight is 235 g/mol. The van der Waals surface area contributed by atoms with Crippen LogP contribution < -0.4 is 5.32 Å².